The van der Waals surface area contributed by atoms with Crippen LogP contribution in [0.5, 0.6) is 0 Å². The number of oxime groups is 1. The summed E-state index contributed by atoms with van der Waals surface area (Å²) >= 11 is 0. The van der Waals surface area contributed by atoms with Gasteiger partial charge in [-0.25, -0.2) is 0 Å². The first-order valence-corrected chi connectivity index (χ1v) is 2.16. The Morgan fingerprint density at radius 2 is 2.00 bits per heavy atom. The van der Waals surface area contributed by atoms with Crippen LogP contribution < -0.4 is 5.73 Å². The second-order valence-corrected chi connectivity index (χ2v) is 1.68. The Kier molecular flexibility index (Phi) is 5.63. The monoisotopic (exact) mass is 120 g/mol. The Morgan fingerprint density at radius 1 is 1.62 bits per heavy atom. The topological polar surface area (TPSA) is 90.1 Å². The molecule has 5 N–H and O–H groups in total. The van der Waals surface area contributed by atoms with Crippen molar-refractivity contribution in [1.29, 1.82) is 0 Å². The van der Waals surface area contributed by atoms with Gasteiger partial charge < -0.3 is 16.4 Å². The van der Waals surface area contributed by atoms with E-state index in [-0.39, 0.29) is 17.2 Å². The molecule has 8 heavy (non-hydrogen) atoms. The van der Waals surface area contributed by atoms with Gasteiger partial charge in [-0.3, -0.25) is 0 Å². The van der Waals surface area contributed by atoms with Crippen molar-refractivity contribution in [2.75, 3.05) is 0 Å². The zero-order valence-corrected chi connectivity index (χ0v) is 5.05. The van der Waals surface area contributed by atoms with E-state index in [2.05, 4.69) is 5.16 Å². The van der Waals surface area contributed by atoms with E-state index >= 15 is 0 Å². The molecule has 50 valence electrons. The van der Waals surface area contributed by atoms with Crippen molar-refractivity contribution in [3.63, 3.8) is 0 Å². The molecule has 0 spiro atoms. The van der Waals surface area contributed by atoms with Gasteiger partial charge in [0.05, 0.1) is 0 Å². The molecule has 4 nitrogen and oxygen atoms in total. The van der Waals surface area contributed by atoms with Gasteiger partial charge in [0.15, 0.2) is 0 Å². The molecule has 0 saturated carbocycles. The Labute approximate surface area is 48.3 Å². The minimum Gasteiger partial charge on any atom is -0.412 e. The van der Waals surface area contributed by atoms with Crippen LogP contribution in [0, 0.1) is 5.92 Å². The van der Waals surface area contributed by atoms with Crippen LogP contribution in [0.4, 0.5) is 0 Å². The van der Waals surface area contributed by atoms with Crippen LogP contribution in [0.25, 0.3) is 0 Å². The number of hydrogen-bond donors (Lipinski definition) is 2. The van der Waals surface area contributed by atoms with Gasteiger partial charge in [-0.05, 0) is 0 Å². The SMILES string of the molecule is CC(C)C(N)=NO.O. The van der Waals surface area contributed by atoms with E-state index in [4.69, 9.17) is 10.9 Å². The third kappa shape index (κ3) is 3.42. The van der Waals surface area contributed by atoms with Crippen LogP contribution in [-0.2, 0) is 0 Å². The predicted octanol–water partition coefficient (Wildman–Crippen LogP) is -0.436. The van der Waals surface area contributed by atoms with Gasteiger partial charge in [0, 0.05) is 5.92 Å². The number of nitrogens with zero attached hydrogens (tertiary/aromatic N) is 1. The van der Waals surface area contributed by atoms with Crippen LogP contribution in [0.3, 0.4) is 0 Å². The molecule has 0 aliphatic rings. The summed E-state index contributed by atoms with van der Waals surface area (Å²) in [5.41, 5.74) is 5.12. The van der Waals surface area contributed by atoms with Crippen molar-refractivity contribution in [1.82, 2.24) is 0 Å². The van der Waals surface area contributed by atoms with Crippen LogP contribution in [0.1, 0.15) is 13.8 Å². The first-order chi connectivity index (χ1) is 3.18. The molecule has 0 bridgehead atoms. The standard InChI is InChI=1S/C4H10N2O.H2O/c1-3(2)4(5)6-7;/h3,7H,1-2H3,(H2,5,6);1H2. The average molecular weight is 120 g/mol. The maximum Gasteiger partial charge on any atom is 0.141 e. The maximum atomic E-state index is 7.97. The van der Waals surface area contributed by atoms with Crippen molar-refractivity contribution in [3.8, 4) is 0 Å². The number of hydrogen-bond acceptors (Lipinski definition) is 2. The first-order valence-electron chi connectivity index (χ1n) is 2.16. The zero-order valence-electron chi connectivity index (χ0n) is 5.05. The second-order valence-electron chi connectivity index (χ2n) is 1.68. The molecule has 0 radical (unpaired) electrons. The minimum atomic E-state index is 0. The van der Waals surface area contributed by atoms with Gasteiger partial charge in [-0.2, -0.15) is 0 Å². The molecule has 0 rings (SSSR count). The number of nitrogens with two attached hydrogens (primary N) is 1. The molecule has 0 heterocycles. The molecule has 0 atom stereocenters. The largest absolute Gasteiger partial charge is 0.412 e. The van der Waals surface area contributed by atoms with Crippen molar-refractivity contribution < 1.29 is 10.7 Å². The Bertz CT molecular complexity index is 80.1. The lowest BCUT2D eigenvalue weighted by Gasteiger charge is -1.96. The van der Waals surface area contributed by atoms with E-state index < -0.39 is 0 Å². The quantitative estimate of drug-likeness (QED) is 0.212. The van der Waals surface area contributed by atoms with Crippen LogP contribution in [-0.4, -0.2) is 16.5 Å². The summed E-state index contributed by atoms with van der Waals surface area (Å²) in [6, 6.07) is 0. The average Bonchev–Trinajstić information content (AvgIpc) is 1.65. The molecule has 0 unspecified atom stereocenters. The van der Waals surface area contributed by atoms with Gasteiger partial charge in [-0.15, -0.1) is 0 Å². The summed E-state index contributed by atoms with van der Waals surface area (Å²) in [5.74, 6) is 0.421. The summed E-state index contributed by atoms with van der Waals surface area (Å²) in [7, 11) is 0. The van der Waals surface area contributed by atoms with E-state index in [1.807, 2.05) is 13.8 Å². The molecule has 0 aromatic rings. The fourth-order valence-corrected chi connectivity index (χ4v) is 0.115. The lowest BCUT2D eigenvalue weighted by molar-refractivity contribution is 0.315. The summed E-state index contributed by atoms with van der Waals surface area (Å²) < 4.78 is 0. The van der Waals surface area contributed by atoms with E-state index in [0.29, 0.717) is 0 Å². The second kappa shape index (κ2) is 4.39. The normalized spacial score (nSPS) is 11.1. The first kappa shape index (κ1) is 10.3. The van der Waals surface area contributed by atoms with Crippen molar-refractivity contribution in [2.24, 2.45) is 16.8 Å². The van der Waals surface area contributed by atoms with Gasteiger partial charge in [0.25, 0.3) is 0 Å². The smallest absolute Gasteiger partial charge is 0.141 e. The third-order valence-electron chi connectivity index (χ3n) is 0.707. The maximum absolute atomic E-state index is 7.97. The molecule has 0 amide bonds. The van der Waals surface area contributed by atoms with Crippen LogP contribution in [0.15, 0.2) is 5.16 Å². The molecular formula is C4H12N2O2. The Morgan fingerprint density at radius 3 is 2.00 bits per heavy atom. The molecule has 0 aromatic heterocycles. The molecule has 0 aliphatic carbocycles. The fraction of sp³-hybridized carbons (Fsp3) is 0.750. The lowest BCUT2D eigenvalue weighted by atomic mass is 10.2. The summed E-state index contributed by atoms with van der Waals surface area (Å²) in [4.78, 5) is 0. The van der Waals surface area contributed by atoms with E-state index in [1.165, 1.54) is 0 Å². The van der Waals surface area contributed by atoms with Crippen molar-refractivity contribution in [3.05, 3.63) is 0 Å². The molecular weight excluding hydrogens is 108 g/mol. The highest BCUT2D eigenvalue weighted by molar-refractivity contribution is 5.81. The van der Waals surface area contributed by atoms with E-state index in [9.17, 15) is 0 Å². The third-order valence-corrected chi connectivity index (χ3v) is 0.707. The van der Waals surface area contributed by atoms with Crippen LogP contribution >= 0.6 is 0 Å². The molecule has 0 aliphatic heterocycles. The number of rotatable bonds is 1. The fourth-order valence-electron chi connectivity index (χ4n) is 0.115. The predicted molar refractivity (Wildman–Crippen MR) is 31.9 cm³/mol. The Balaban J connectivity index is 0. The summed E-state index contributed by atoms with van der Waals surface area (Å²) in [6.07, 6.45) is 0. The molecule has 0 aromatic carbocycles. The van der Waals surface area contributed by atoms with Crippen LogP contribution in [0.2, 0.25) is 0 Å². The van der Waals surface area contributed by atoms with E-state index in [0.717, 1.165) is 0 Å². The molecule has 0 saturated heterocycles. The Hall–Kier alpha value is -0.770. The number of amidine groups is 1. The minimum absolute atomic E-state index is 0. The van der Waals surface area contributed by atoms with Crippen molar-refractivity contribution >= 4 is 5.84 Å². The molecule has 4 heteroatoms. The summed E-state index contributed by atoms with van der Waals surface area (Å²) in [6.45, 7) is 3.71. The lowest BCUT2D eigenvalue weighted by Crippen LogP contribution is -2.18. The summed E-state index contributed by atoms with van der Waals surface area (Å²) in [5, 5.41) is 10.8. The van der Waals surface area contributed by atoms with Crippen molar-refractivity contribution in [2.45, 2.75) is 13.8 Å². The van der Waals surface area contributed by atoms with Gasteiger partial charge in [-0.1, -0.05) is 19.0 Å². The highest BCUT2D eigenvalue weighted by Crippen LogP contribution is 1.88. The van der Waals surface area contributed by atoms with Gasteiger partial charge in [0.2, 0.25) is 0 Å². The zero-order chi connectivity index (χ0) is 5.86. The highest BCUT2D eigenvalue weighted by Gasteiger charge is 1.95. The van der Waals surface area contributed by atoms with Gasteiger partial charge in [0.1, 0.15) is 5.84 Å². The van der Waals surface area contributed by atoms with E-state index in [1.54, 1.807) is 0 Å². The highest BCUT2D eigenvalue weighted by atomic mass is 16.4. The van der Waals surface area contributed by atoms with Gasteiger partial charge >= 0.3 is 0 Å². The molecule has 0 fully saturated rings.